The Labute approximate surface area is 84.3 Å². The Morgan fingerprint density at radius 1 is 1.36 bits per heavy atom. The van der Waals surface area contributed by atoms with Gasteiger partial charge in [0.25, 0.3) is 0 Å². The molecule has 1 aliphatic rings. The molecular weight excluding hydrogens is 174 g/mol. The Morgan fingerprint density at radius 2 is 2.07 bits per heavy atom. The van der Waals surface area contributed by atoms with E-state index in [1.807, 2.05) is 0 Å². The van der Waals surface area contributed by atoms with Gasteiger partial charge < -0.3 is 5.32 Å². The molecule has 74 valence electrons. The fourth-order valence-electron chi connectivity index (χ4n) is 1.87. The standard InChI is InChI=1S/C12H15NO/c1-9-2-4-10(5-3-9)6-11-7-12(14)13-8-11/h2-5,11H,6-8H2,1H3,(H,13,14). The van der Waals surface area contributed by atoms with Crippen molar-refractivity contribution in [2.24, 2.45) is 5.92 Å². The molecule has 1 aromatic carbocycles. The molecule has 1 unspecified atom stereocenters. The first-order chi connectivity index (χ1) is 6.74. The lowest BCUT2D eigenvalue weighted by molar-refractivity contribution is -0.119. The number of aryl methyl sites for hydroxylation is 1. The van der Waals surface area contributed by atoms with E-state index >= 15 is 0 Å². The first-order valence-corrected chi connectivity index (χ1v) is 5.06. The molecule has 0 saturated carbocycles. The molecule has 1 aliphatic heterocycles. The van der Waals surface area contributed by atoms with Crippen LogP contribution in [0.2, 0.25) is 0 Å². The van der Waals surface area contributed by atoms with Crippen LogP contribution < -0.4 is 5.32 Å². The maximum absolute atomic E-state index is 11.0. The van der Waals surface area contributed by atoms with Gasteiger partial charge in [-0.1, -0.05) is 29.8 Å². The zero-order chi connectivity index (χ0) is 9.97. The van der Waals surface area contributed by atoms with Crippen molar-refractivity contribution in [3.05, 3.63) is 35.4 Å². The zero-order valence-electron chi connectivity index (χ0n) is 8.42. The highest BCUT2D eigenvalue weighted by Crippen LogP contribution is 2.16. The third-order valence-electron chi connectivity index (χ3n) is 2.71. The van der Waals surface area contributed by atoms with E-state index in [4.69, 9.17) is 0 Å². The summed E-state index contributed by atoms with van der Waals surface area (Å²) in [5.74, 6) is 0.687. The van der Waals surface area contributed by atoms with Crippen molar-refractivity contribution in [3.63, 3.8) is 0 Å². The zero-order valence-corrected chi connectivity index (χ0v) is 8.42. The molecule has 1 N–H and O–H groups in total. The number of nitrogens with one attached hydrogen (secondary N) is 1. The van der Waals surface area contributed by atoms with Gasteiger partial charge >= 0.3 is 0 Å². The predicted octanol–water partition coefficient (Wildman–Crippen LogP) is 1.67. The summed E-state index contributed by atoms with van der Waals surface area (Å²) in [6.07, 6.45) is 1.70. The molecule has 2 nitrogen and oxygen atoms in total. The molecule has 0 aliphatic carbocycles. The third kappa shape index (κ3) is 2.13. The summed E-state index contributed by atoms with van der Waals surface area (Å²) >= 11 is 0. The van der Waals surface area contributed by atoms with Crippen LogP contribution in [-0.2, 0) is 11.2 Å². The van der Waals surface area contributed by atoms with E-state index < -0.39 is 0 Å². The summed E-state index contributed by atoms with van der Waals surface area (Å²) in [6.45, 7) is 2.93. The van der Waals surface area contributed by atoms with E-state index in [1.54, 1.807) is 0 Å². The second-order valence-electron chi connectivity index (χ2n) is 4.06. The van der Waals surface area contributed by atoms with E-state index in [0.29, 0.717) is 12.3 Å². The van der Waals surface area contributed by atoms with Gasteiger partial charge in [0.1, 0.15) is 0 Å². The SMILES string of the molecule is Cc1ccc(CC2CNC(=O)C2)cc1. The minimum absolute atomic E-state index is 0.196. The van der Waals surface area contributed by atoms with Crippen molar-refractivity contribution in [1.82, 2.24) is 5.32 Å². The first kappa shape index (κ1) is 9.25. The third-order valence-corrected chi connectivity index (χ3v) is 2.71. The number of hydrogen-bond acceptors (Lipinski definition) is 1. The number of hydrogen-bond donors (Lipinski definition) is 1. The minimum atomic E-state index is 0.196. The summed E-state index contributed by atoms with van der Waals surface area (Å²) in [6, 6.07) is 8.55. The van der Waals surface area contributed by atoms with Crippen LogP contribution in [0.4, 0.5) is 0 Å². The average Bonchev–Trinajstić information content (AvgIpc) is 2.56. The molecule has 1 heterocycles. The number of amides is 1. The van der Waals surface area contributed by atoms with Gasteiger partial charge in [-0.05, 0) is 24.8 Å². The topological polar surface area (TPSA) is 29.1 Å². The highest BCUT2D eigenvalue weighted by atomic mass is 16.1. The van der Waals surface area contributed by atoms with Gasteiger partial charge in [0.15, 0.2) is 0 Å². The van der Waals surface area contributed by atoms with E-state index in [0.717, 1.165) is 13.0 Å². The Hall–Kier alpha value is -1.31. The molecule has 1 saturated heterocycles. The normalized spacial score (nSPS) is 20.9. The lowest BCUT2D eigenvalue weighted by atomic mass is 9.98. The summed E-state index contributed by atoms with van der Waals surface area (Å²) in [5, 5.41) is 2.86. The van der Waals surface area contributed by atoms with E-state index in [2.05, 4.69) is 36.5 Å². The van der Waals surface area contributed by atoms with Gasteiger partial charge in [0.05, 0.1) is 0 Å². The quantitative estimate of drug-likeness (QED) is 0.753. The number of carbonyl (C=O) groups excluding carboxylic acids is 1. The molecule has 0 bridgehead atoms. The van der Waals surface area contributed by atoms with Gasteiger partial charge in [-0.15, -0.1) is 0 Å². The average molecular weight is 189 g/mol. The number of rotatable bonds is 2. The summed E-state index contributed by atoms with van der Waals surface area (Å²) < 4.78 is 0. The highest BCUT2D eigenvalue weighted by molar-refractivity contribution is 5.78. The number of benzene rings is 1. The van der Waals surface area contributed by atoms with Crippen molar-refractivity contribution in [2.75, 3.05) is 6.54 Å². The van der Waals surface area contributed by atoms with Crippen LogP contribution in [0, 0.1) is 12.8 Å². The van der Waals surface area contributed by atoms with Crippen molar-refractivity contribution in [2.45, 2.75) is 19.8 Å². The smallest absolute Gasteiger partial charge is 0.220 e. The second kappa shape index (κ2) is 3.82. The largest absolute Gasteiger partial charge is 0.356 e. The van der Waals surface area contributed by atoms with Crippen molar-refractivity contribution in [3.8, 4) is 0 Å². The van der Waals surface area contributed by atoms with Crippen LogP contribution in [0.15, 0.2) is 24.3 Å². The lowest BCUT2D eigenvalue weighted by Crippen LogP contribution is -2.14. The van der Waals surface area contributed by atoms with E-state index in [9.17, 15) is 4.79 Å². The molecule has 1 fully saturated rings. The van der Waals surface area contributed by atoms with Gasteiger partial charge in [0.2, 0.25) is 5.91 Å². The van der Waals surface area contributed by atoms with Crippen molar-refractivity contribution < 1.29 is 4.79 Å². The van der Waals surface area contributed by atoms with Crippen molar-refractivity contribution >= 4 is 5.91 Å². The fourth-order valence-corrected chi connectivity index (χ4v) is 1.87. The highest BCUT2D eigenvalue weighted by Gasteiger charge is 2.21. The Morgan fingerprint density at radius 3 is 2.64 bits per heavy atom. The molecule has 2 heteroatoms. The predicted molar refractivity (Wildman–Crippen MR) is 56.0 cm³/mol. The van der Waals surface area contributed by atoms with Crippen LogP contribution >= 0.6 is 0 Å². The summed E-state index contributed by atoms with van der Waals surface area (Å²) in [7, 11) is 0. The molecule has 14 heavy (non-hydrogen) atoms. The van der Waals surface area contributed by atoms with Crippen LogP contribution in [0.25, 0.3) is 0 Å². The van der Waals surface area contributed by atoms with E-state index in [-0.39, 0.29) is 5.91 Å². The Kier molecular flexibility index (Phi) is 2.53. The minimum Gasteiger partial charge on any atom is -0.356 e. The second-order valence-corrected chi connectivity index (χ2v) is 4.06. The maximum Gasteiger partial charge on any atom is 0.220 e. The van der Waals surface area contributed by atoms with Gasteiger partial charge in [-0.25, -0.2) is 0 Å². The summed E-state index contributed by atoms with van der Waals surface area (Å²) in [5.41, 5.74) is 2.62. The van der Waals surface area contributed by atoms with Crippen molar-refractivity contribution in [1.29, 1.82) is 0 Å². The van der Waals surface area contributed by atoms with Crippen LogP contribution in [-0.4, -0.2) is 12.5 Å². The first-order valence-electron chi connectivity index (χ1n) is 5.06. The Bertz CT molecular complexity index is 329. The van der Waals surface area contributed by atoms with Crippen LogP contribution in [0.5, 0.6) is 0 Å². The van der Waals surface area contributed by atoms with E-state index in [1.165, 1.54) is 11.1 Å². The molecular formula is C12H15NO. The maximum atomic E-state index is 11.0. The summed E-state index contributed by atoms with van der Waals surface area (Å²) in [4.78, 5) is 11.0. The molecule has 1 atom stereocenters. The monoisotopic (exact) mass is 189 g/mol. The van der Waals surface area contributed by atoms with Gasteiger partial charge in [0, 0.05) is 13.0 Å². The van der Waals surface area contributed by atoms with Gasteiger partial charge in [-0.2, -0.15) is 0 Å². The molecule has 0 spiro atoms. The molecule has 2 rings (SSSR count). The van der Waals surface area contributed by atoms with Gasteiger partial charge in [-0.3, -0.25) is 4.79 Å². The fraction of sp³-hybridized carbons (Fsp3) is 0.417. The molecule has 1 aromatic rings. The number of carbonyl (C=O) groups is 1. The lowest BCUT2D eigenvalue weighted by Gasteiger charge is -2.06. The Balaban J connectivity index is 1.97. The molecule has 0 aromatic heterocycles. The molecule has 0 radical (unpaired) electrons. The molecule has 1 amide bonds. The van der Waals surface area contributed by atoms with Crippen LogP contribution in [0.1, 0.15) is 17.5 Å². The van der Waals surface area contributed by atoms with Crippen LogP contribution in [0.3, 0.4) is 0 Å².